The van der Waals surface area contributed by atoms with Gasteiger partial charge in [0.2, 0.25) is 0 Å². The van der Waals surface area contributed by atoms with Crippen LogP contribution in [0.15, 0.2) is 36.5 Å². The van der Waals surface area contributed by atoms with E-state index in [4.69, 9.17) is 9.47 Å². The minimum absolute atomic E-state index is 0.435. The molecule has 0 aliphatic heterocycles. The SMILES string of the molecule is COc1cnc([CH]c2ccccc2)nc1OC. The van der Waals surface area contributed by atoms with Crippen molar-refractivity contribution in [2.75, 3.05) is 14.2 Å². The molecule has 0 amide bonds. The Balaban J connectivity index is 2.22. The Bertz CT molecular complexity index is 486. The normalized spacial score (nSPS) is 10.0. The first-order valence-corrected chi connectivity index (χ1v) is 5.18. The Hall–Kier alpha value is -2.10. The summed E-state index contributed by atoms with van der Waals surface area (Å²) in [6.07, 6.45) is 3.47. The van der Waals surface area contributed by atoms with Crippen LogP contribution in [0.5, 0.6) is 11.6 Å². The largest absolute Gasteiger partial charge is 0.490 e. The molecular weight excluding hydrogens is 216 g/mol. The Morgan fingerprint density at radius 1 is 1.06 bits per heavy atom. The summed E-state index contributed by atoms with van der Waals surface area (Å²) in [4.78, 5) is 8.43. The standard InChI is InChI=1S/C13H13N2O2/c1-16-11-9-14-12(15-13(11)17-2)8-10-6-4-3-5-7-10/h3-9H,1-2H3. The van der Waals surface area contributed by atoms with Crippen LogP contribution in [0.1, 0.15) is 11.4 Å². The number of aromatic nitrogens is 2. The lowest BCUT2D eigenvalue weighted by Gasteiger charge is -2.07. The van der Waals surface area contributed by atoms with Crippen LogP contribution in [0.3, 0.4) is 0 Å². The first kappa shape index (κ1) is 11.4. The van der Waals surface area contributed by atoms with E-state index in [0.717, 1.165) is 5.56 Å². The highest BCUT2D eigenvalue weighted by Gasteiger charge is 2.08. The lowest BCUT2D eigenvalue weighted by atomic mass is 10.1. The maximum absolute atomic E-state index is 5.12. The smallest absolute Gasteiger partial charge is 0.260 e. The maximum atomic E-state index is 5.12. The topological polar surface area (TPSA) is 44.2 Å². The average Bonchev–Trinajstić information content (AvgIpc) is 2.40. The van der Waals surface area contributed by atoms with E-state index in [9.17, 15) is 0 Å². The summed E-state index contributed by atoms with van der Waals surface area (Å²) in [6, 6.07) is 9.87. The highest BCUT2D eigenvalue weighted by molar-refractivity contribution is 5.35. The number of rotatable bonds is 4. The van der Waals surface area contributed by atoms with Gasteiger partial charge in [0.15, 0.2) is 5.75 Å². The second kappa shape index (κ2) is 5.30. The summed E-state index contributed by atoms with van der Waals surface area (Å²) in [5.74, 6) is 1.55. The lowest BCUT2D eigenvalue weighted by molar-refractivity contribution is 0.340. The van der Waals surface area contributed by atoms with E-state index in [2.05, 4.69) is 9.97 Å². The van der Waals surface area contributed by atoms with Crippen molar-refractivity contribution < 1.29 is 9.47 Å². The molecule has 0 spiro atoms. The molecule has 0 N–H and O–H groups in total. The van der Waals surface area contributed by atoms with Crippen molar-refractivity contribution in [3.8, 4) is 11.6 Å². The zero-order valence-electron chi connectivity index (χ0n) is 9.75. The average molecular weight is 229 g/mol. The number of nitrogens with zero attached hydrogens (tertiary/aromatic N) is 2. The zero-order chi connectivity index (χ0) is 12.1. The fourth-order valence-electron chi connectivity index (χ4n) is 1.42. The monoisotopic (exact) mass is 229 g/mol. The van der Waals surface area contributed by atoms with Crippen molar-refractivity contribution in [2.24, 2.45) is 0 Å². The molecule has 1 heterocycles. The quantitative estimate of drug-likeness (QED) is 0.805. The molecule has 0 saturated carbocycles. The van der Waals surface area contributed by atoms with E-state index in [1.807, 2.05) is 36.8 Å². The van der Waals surface area contributed by atoms with E-state index < -0.39 is 0 Å². The molecule has 1 radical (unpaired) electrons. The van der Waals surface area contributed by atoms with Crippen molar-refractivity contribution >= 4 is 0 Å². The van der Waals surface area contributed by atoms with Crippen LogP contribution >= 0.6 is 0 Å². The van der Waals surface area contributed by atoms with Crippen LogP contribution in [0.25, 0.3) is 0 Å². The van der Waals surface area contributed by atoms with Crippen molar-refractivity contribution in [1.82, 2.24) is 9.97 Å². The van der Waals surface area contributed by atoms with Gasteiger partial charge in [-0.2, -0.15) is 4.98 Å². The van der Waals surface area contributed by atoms with Crippen LogP contribution in [-0.2, 0) is 0 Å². The van der Waals surface area contributed by atoms with Gasteiger partial charge in [-0.1, -0.05) is 30.3 Å². The van der Waals surface area contributed by atoms with Gasteiger partial charge in [0.25, 0.3) is 5.88 Å². The van der Waals surface area contributed by atoms with Gasteiger partial charge in [-0.05, 0) is 5.56 Å². The molecule has 1 aromatic carbocycles. The van der Waals surface area contributed by atoms with E-state index in [1.165, 1.54) is 0 Å². The van der Waals surface area contributed by atoms with Crippen LogP contribution in [-0.4, -0.2) is 24.2 Å². The van der Waals surface area contributed by atoms with Gasteiger partial charge in [-0.15, -0.1) is 0 Å². The van der Waals surface area contributed by atoms with E-state index in [0.29, 0.717) is 17.5 Å². The van der Waals surface area contributed by atoms with E-state index in [-0.39, 0.29) is 0 Å². The highest BCUT2D eigenvalue weighted by atomic mass is 16.5. The predicted octanol–water partition coefficient (Wildman–Crippen LogP) is 2.09. The first-order chi connectivity index (χ1) is 8.33. The van der Waals surface area contributed by atoms with Crippen molar-refractivity contribution in [3.63, 3.8) is 0 Å². The molecule has 2 aromatic rings. The minimum atomic E-state index is 0.435. The number of benzene rings is 1. The Labute approximate surface area is 100 Å². The minimum Gasteiger partial charge on any atom is -0.490 e. The van der Waals surface area contributed by atoms with Gasteiger partial charge < -0.3 is 9.47 Å². The summed E-state index contributed by atoms with van der Waals surface area (Å²) in [5, 5.41) is 0. The molecule has 87 valence electrons. The van der Waals surface area contributed by atoms with E-state index in [1.54, 1.807) is 20.4 Å². The molecule has 2 rings (SSSR count). The van der Waals surface area contributed by atoms with Gasteiger partial charge in [-0.25, -0.2) is 4.98 Å². The second-order valence-corrected chi connectivity index (χ2v) is 3.36. The maximum Gasteiger partial charge on any atom is 0.260 e. The van der Waals surface area contributed by atoms with Crippen molar-refractivity contribution in [2.45, 2.75) is 0 Å². The van der Waals surface area contributed by atoms with Crippen molar-refractivity contribution in [3.05, 3.63) is 54.3 Å². The first-order valence-electron chi connectivity index (χ1n) is 5.18. The van der Waals surface area contributed by atoms with Crippen LogP contribution < -0.4 is 9.47 Å². The molecule has 17 heavy (non-hydrogen) atoms. The molecule has 0 saturated heterocycles. The predicted molar refractivity (Wildman–Crippen MR) is 64.1 cm³/mol. The molecule has 0 fully saturated rings. The summed E-state index contributed by atoms with van der Waals surface area (Å²) in [7, 11) is 3.11. The van der Waals surface area contributed by atoms with Crippen LogP contribution in [0, 0.1) is 6.42 Å². The fraction of sp³-hybridized carbons (Fsp3) is 0.154. The lowest BCUT2D eigenvalue weighted by Crippen LogP contribution is -1.99. The van der Waals surface area contributed by atoms with Crippen LogP contribution in [0.4, 0.5) is 0 Å². The second-order valence-electron chi connectivity index (χ2n) is 3.36. The number of hydrogen-bond donors (Lipinski definition) is 0. The van der Waals surface area contributed by atoms with Gasteiger partial charge in [0, 0.05) is 0 Å². The summed E-state index contributed by atoms with van der Waals surface area (Å²) < 4.78 is 10.2. The van der Waals surface area contributed by atoms with Crippen molar-refractivity contribution in [1.29, 1.82) is 0 Å². The summed E-state index contributed by atoms with van der Waals surface area (Å²) in [5.41, 5.74) is 1.04. The number of hydrogen-bond acceptors (Lipinski definition) is 4. The third kappa shape index (κ3) is 2.72. The molecule has 0 unspecified atom stereocenters. The summed E-state index contributed by atoms with van der Waals surface area (Å²) >= 11 is 0. The van der Waals surface area contributed by atoms with Gasteiger partial charge in [0.05, 0.1) is 26.8 Å². The molecule has 4 nitrogen and oxygen atoms in total. The fourth-order valence-corrected chi connectivity index (χ4v) is 1.42. The van der Waals surface area contributed by atoms with Crippen LogP contribution in [0.2, 0.25) is 0 Å². The molecule has 4 heteroatoms. The van der Waals surface area contributed by atoms with Gasteiger partial charge in [-0.3, -0.25) is 0 Å². The number of ether oxygens (including phenoxy) is 2. The zero-order valence-corrected chi connectivity index (χ0v) is 9.75. The molecule has 1 aromatic heterocycles. The third-order valence-electron chi connectivity index (χ3n) is 2.25. The molecule has 0 bridgehead atoms. The van der Waals surface area contributed by atoms with Gasteiger partial charge >= 0.3 is 0 Å². The molecule has 0 aliphatic rings. The Morgan fingerprint density at radius 3 is 2.47 bits per heavy atom. The van der Waals surface area contributed by atoms with Gasteiger partial charge in [0.1, 0.15) is 5.82 Å². The summed E-state index contributed by atoms with van der Waals surface area (Å²) in [6.45, 7) is 0. The molecule has 0 atom stereocenters. The molecule has 0 aliphatic carbocycles. The third-order valence-corrected chi connectivity index (χ3v) is 2.25. The number of methoxy groups -OCH3 is 2. The highest BCUT2D eigenvalue weighted by Crippen LogP contribution is 2.23. The Kier molecular flexibility index (Phi) is 3.55. The Morgan fingerprint density at radius 2 is 1.82 bits per heavy atom. The molecular formula is C13H13N2O2. The van der Waals surface area contributed by atoms with E-state index >= 15 is 0 Å².